The van der Waals surface area contributed by atoms with E-state index in [4.69, 9.17) is 0 Å². The zero-order valence-corrected chi connectivity index (χ0v) is 10.3. The maximum absolute atomic E-state index is 2.55. The van der Waals surface area contributed by atoms with Crippen LogP contribution in [-0.4, -0.2) is 24.5 Å². The molecule has 1 aliphatic heterocycles. The normalized spacial score (nSPS) is 33.5. The molecule has 1 fully saturated rings. The zero-order valence-electron chi connectivity index (χ0n) is 10.3. The van der Waals surface area contributed by atoms with E-state index >= 15 is 0 Å². The van der Waals surface area contributed by atoms with E-state index in [9.17, 15) is 0 Å². The van der Waals surface area contributed by atoms with E-state index in [0.717, 1.165) is 12.0 Å². The SMILES string of the molecule is CC1=CC=C(C2CCC(C)CN2C)CC1. The molecule has 2 rings (SSSR count). The van der Waals surface area contributed by atoms with Gasteiger partial charge in [0.2, 0.25) is 0 Å². The van der Waals surface area contributed by atoms with Crippen molar-refractivity contribution in [3.63, 3.8) is 0 Å². The first kappa shape index (κ1) is 10.9. The Morgan fingerprint density at radius 2 is 2.00 bits per heavy atom. The van der Waals surface area contributed by atoms with E-state index in [-0.39, 0.29) is 0 Å². The van der Waals surface area contributed by atoms with Crippen molar-refractivity contribution < 1.29 is 0 Å². The van der Waals surface area contributed by atoms with Gasteiger partial charge < -0.3 is 0 Å². The maximum atomic E-state index is 2.55. The number of piperidine rings is 1. The first-order chi connectivity index (χ1) is 7.16. The second kappa shape index (κ2) is 4.52. The molecule has 1 aliphatic carbocycles. The lowest BCUT2D eigenvalue weighted by Crippen LogP contribution is -2.41. The lowest BCUT2D eigenvalue weighted by Gasteiger charge is -2.38. The van der Waals surface area contributed by atoms with Gasteiger partial charge in [0.1, 0.15) is 0 Å². The molecule has 0 aromatic carbocycles. The van der Waals surface area contributed by atoms with E-state index in [1.54, 1.807) is 5.57 Å². The average molecular weight is 205 g/mol. The van der Waals surface area contributed by atoms with Crippen LogP contribution in [0.25, 0.3) is 0 Å². The van der Waals surface area contributed by atoms with Crippen molar-refractivity contribution in [2.45, 2.75) is 45.6 Å². The first-order valence-corrected chi connectivity index (χ1v) is 6.23. The van der Waals surface area contributed by atoms with E-state index < -0.39 is 0 Å². The lowest BCUT2D eigenvalue weighted by atomic mass is 9.86. The molecule has 1 heterocycles. The van der Waals surface area contributed by atoms with Gasteiger partial charge in [-0.05, 0) is 45.6 Å². The minimum absolute atomic E-state index is 0.727. The predicted octanol–water partition coefficient (Wildman–Crippen LogP) is 3.38. The summed E-state index contributed by atoms with van der Waals surface area (Å²) < 4.78 is 0. The molecule has 0 aromatic heterocycles. The number of nitrogens with zero attached hydrogens (tertiary/aromatic N) is 1. The molecule has 0 radical (unpaired) electrons. The number of likely N-dealkylation sites (N-methyl/N-ethyl adjacent to an activating group) is 1. The summed E-state index contributed by atoms with van der Waals surface area (Å²) in [5.74, 6) is 0.882. The van der Waals surface area contributed by atoms with Crippen LogP contribution in [0.1, 0.15) is 39.5 Å². The molecule has 1 nitrogen and oxygen atoms in total. The molecule has 15 heavy (non-hydrogen) atoms. The fourth-order valence-electron chi connectivity index (χ4n) is 2.88. The van der Waals surface area contributed by atoms with Gasteiger partial charge in [-0.2, -0.15) is 0 Å². The highest BCUT2D eigenvalue weighted by Crippen LogP contribution is 2.30. The van der Waals surface area contributed by atoms with Crippen molar-refractivity contribution in [3.8, 4) is 0 Å². The number of allylic oxidation sites excluding steroid dienone is 3. The monoisotopic (exact) mass is 205 g/mol. The molecule has 0 amide bonds. The Morgan fingerprint density at radius 1 is 1.20 bits per heavy atom. The zero-order chi connectivity index (χ0) is 10.8. The third-order valence-corrected chi connectivity index (χ3v) is 3.88. The molecule has 0 bridgehead atoms. The Labute approximate surface area is 93.9 Å². The topological polar surface area (TPSA) is 3.24 Å². The minimum atomic E-state index is 0.727. The van der Waals surface area contributed by atoms with E-state index in [1.165, 1.54) is 37.8 Å². The molecule has 2 unspecified atom stereocenters. The summed E-state index contributed by atoms with van der Waals surface area (Å²) in [5.41, 5.74) is 3.19. The van der Waals surface area contributed by atoms with E-state index in [0.29, 0.717) is 0 Å². The lowest BCUT2D eigenvalue weighted by molar-refractivity contribution is 0.165. The second-order valence-corrected chi connectivity index (χ2v) is 5.39. The Kier molecular flexibility index (Phi) is 3.30. The number of likely N-dealkylation sites (tertiary alicyclic amines) is 1. The summed E-state index contributed by atoms with van der Waals surface area (Å²) in [7, 11) is 2.28. The Balaban J connectivity index is 2.05. The maximum Gasteiger partial charge on any atom is 0.0307 e. The highest BCUT2D eigenvalue weighted by molar-refractivity contribution is 5.26. The third-order valence-electron chi connectivity index (χ3n) is 3.88. The largest absolute Gasteiger partial charge is 0.299 e. The molecule has 0 saturated carbocycles. The van der Waals surface area contributed by atoms with Crippen LogP contribution in [0.2, 0.25) is 0 Å². The molecule has 2 aliphatic rings. The standard InChI is InChI=1S/C14H23N/c1-11-4-7-13(8-5-11)14-9-6-12(2)10-15(14)3/h4,7,12,14H,5-6,8-10H2,1-3H3. The van der Waals surface area contributed by atoms with Crippen molar-refractivity contribution >= 4 is 0 Å². The molecule has 84 valence electrons. The van der Waals surface area contributed by atoms with E-state index in [2.05, 4.69) is 37.9 Å². The summed E-state index contributed by atoms with van der Waals surface area (Å²) in [4.78, 5) is 2.55. The molecule has 1 saturated heterocycles. The molecule has 0 aromatic rings. The highest BCUT2D eigenvalue weighted by Gasteiger charge is 2.26. The summed E-state index contributed by atoms with van der Waals surface area (Å²) >= 11 is 0. The van der Waals surface area contributed by atoms with E-state index in [1.807, 2.05) is 0 Å². The highest BCUT2D eigenvalue weighted by atomic mass is 15.1. The number of hydrogen-bond acceptors (Lipinski definition) is 1. The summed E-state index contributed by atoms with van der Waals surface area (Å²) in [6.45, 7) is 5.87. The second-order valence-electron chi connectivity index (χ2n) is 5.39. The summed E-state index contributed by atoms with van der Waals surface area (Å²) in [5, 5.41) is 0. The van der Waals surface area contributed by atoms with Crippen LogP contribution in [-0.2, 0) is 0 Å². The fraction of sp³-hybridized carbons (Fsp3) is 0.714. The quantitative estimate of drug-likeness (QED) is 0.634. The molecule has 2 atom stereocenters. The fourth-order valence-corrected chi connectivity index (χ4v) is 2.88. The minimum Gasteiger partial charge on any atom is -0.299 e. The van der Waals surface area contributed by atoms with Gasteiger partial charge in [-0.3, -0.25) is 4.90 Å². The molecular formula is C14H23N. The third kappa shape index (κ3) is 2.52. The van der Waals surface area contributed by atoms with Crippen molar-refractivity contribution in [3.05, 3.63) is 23.3 Å². The van der Waals surface area contributed by atoms with Gasteiger partial charge >= 0.3 is 0 Å². The molecule has 1 heteroatoms. The van der Waals surface area contributed by atoms with Crippen LogP contribution in [0.15, 0.2) is 23.3 Å². The van der Waals surface area contributed by atoms with Crippen LogP contribution in [0.4, 0.5) is 0 Å². The van der Waals surface area contributed by atoms with Gasteiger partial charge in [0.25, 0.3) is 0 Å². The summed E-state index contributed by atoms with van der Waals surface area (Å²) in [6, 6.07) is 0.727. The number of rotatable bonds is 1. The van der Waals surface area contributed by atoms with Gasteiger partial charge in [0.15, 0.2) is 0 Å². The van der Waals surface area contributed by atoms with Gasteiger partial charge in [-0.25, -0.2) is 0 Å². The molecule has 0 N–H and O–H groups in total. The van der Waals surface area contributed by atoms with Crippen LogP contribution in [0, 0.1) is 5.92 Å². The summed E-state index contributed by atoms with van der Waals surface area (Å²) in [6.07, 6.45) is 9.99. The molecular weight excluding hydrogens is 182 g/mol. The van der Waals surface area contributed by atoms with Gasteiger partial charge in [-0.15, -0.1) is 0 Å². The van der Waals surface area contributed by atoms with Crippen molar-refractivity contribution in [1.29, 1.82) is 0 Å². The van der Waals surface area contributed by atoms with Crippen molar-refractivity contribution in [2.75, 3.05) is 13.6 Å². The van der Waals surface area contributed by atoms with Crippen LogP contribution in [0.3, 0.4) is 0 Å². The Bertz CT molecular complexity index is 288. The van der Waals surface area contributed by atoms with Gasteiger partial charge in [0, 0.05) is 12.6 Å². The van der Waals surface area contributed by atoms with Gasteiger partial charge in [0.05, 0.1) is 0 Å². The first-order valence-electron chi connectivity index (χ1n) is 6.23. The molecule has 0 spiro atoms. The van der Waals surface area contributed by atoms with Crippen molar-refractivity contribution in [1.82, 2.24) is 4.90 Å². The van der Waals surface area contributed by atoms with Crippen molar-refractivity contribution in [2.24, 2.45) is 5.92 Å². The Hall–Kier alpha value is -0.560. The average Bonchev–Trinajstić information content (AvgIpc) is 2.20. The number of hydrogen-bond donors (Lipinski definition) is 0. The smallest absolute Gasteiger partial charge is 0.0307 e. The van der Waals surface area contributed by atoms with Crippen LogP contribution >= 0.6 is 0 Å². The Morgan fingerprint density at radius 3 is 2.60 bits per heavy atom. The van der Waals surface area contributed by atoms with Gasteiger partial charge in [-0.1, -0.05) is 30.2 Å². The van der Waals surface area contributed by atoms with Crippen LogP contribution < -0.4 is 0 Å². The van der Waals surface area contributed by atoms with Crippen LogP contribution in [0.5, 0.6) is 0 Å². The predicted molar refractivity (Wildman–Crippen MR) is 65.9 cm³/mol.